The summed E-state index contributed by atoms with van der Waals surface area (Å²) in [7, 11) is 0. The number of anilines is 3. The summed E-state index contributed by atoms with van der Waals surface area (Å²) in [6, 6.07) is 17.0. The molecule has 6 rings (SSSR count). The lowest BCUT2D eigenvalue weighted by atomic mass is 10.1. The number of aryl methyl sites for hydroxylation is 1. The number of aliphatic hydroxyl groups is 1. The molecule has 36 heavy (non-hydrogen) atoms. The number of rotatable bonds is 6. The standard InChI is InChI=1S/C27H27N5O3S/c1-16-14-19(35-18-7-3-2-4-8-18)9-10-20(16)32-21-11-13-29-26-22(21)23(31-27(32)34)24(36-26)25(33)30-17-6-5-12-28-15-17/h2-4,7-11,13-14,17,25,28,30,33H,5-6,12,15H2,1H3,(H,31,34). The highest BCUT2D eigenvalue weighted by atomic mass is 32.1. The Morgan fingerprint density at radius 3 is 2.81 bits per heavy atom. The maximum Gasteiger partial charge on any atom is 0.331 e. The number of para-hydroxylation sites is 1. The van der Waals surface area contributed by atoms with E-state index in [1.54, 1.807) is 11.1 Å². The van der Waals surface area contributed by atoms with Gasteiger partial charge in [-0.15, -0.1) is 11.3 Å². The normalized spacial score (nSPS) is 18.2. The van der Waals surface area contributed by atoms with Crippen molar-refractivity contribution in [3.63, 3.8) is 0 Å². The Morgan fingerprint density at radius 1 is 1.17 bits per heavy atom. The molecule has 8 nitrogen and oxygen atoms in total. The Balaban J connectivity index is 1.34. The molecule has 4 heterocycles. The smallest absolute Gasteiger partial charge is 0.331 e. The number of aliphatic hydroxyl groups excluding tert-OH is 1. The van der Waals surface area contributed by atoms with Crippen LogP contribution in [0.3, 0.4) is 0 Å². The number of carbonyl (C=O) groups is 1. The van der Waals surface area contributed by atoms with Crippen LogP contribution in [-0.2, 0) is 0 Å². The van der Waals surface area contributed by atoms with E-state index < -0.39 is 6.23 Å². The Hall–Kier alpha value is -3.50. The van der Waals surface area contributed by atoms with Crippen molar-refractivity contribution in [1.82, 2.24) is 15.6 Å². The molecular formula is C27H27N5O3S. The van der Waals surface area contributed by atoms with Gasteiger partial charge in [-0.3, -0.25) is 10.2 Å². The summed E-state index contributed by atoms with van der Waals surface area (Å²) in [5.74, 6) is 1.45. The van der Waals surface area contributed by atoms with Gasteiger partial charge in [0.1, 0.15) is 22.6 Å². The molecule has 2 aliphatic heterocycles. The molecule has 9 heteroatoms. The minimum Gasteiger partial charge on any atom is -0.457 e. The molecule has 4 N–H and O–H groups in total. The largest absolute Gasteiger partial charge is 0.457 e. The molecule has 2 aromatic carbocycles. The lowest BCUT2D eigenvalue weighted by Gasteiger charge is -2.30. The number of amides is 2. The first kappa shape index (κ1) is 22.9. The number of piperidine rings is 1. The van der Waals surface area contributed by atoms with E-state index >= 15 is 0 Å². The number of pyridine rings is 1. The van der Waals surface area contributed by atoms with Crippen molar-refractivity contribution in [2.45, 2.75) is 32.0 Å². The van der Waals surface area contributed by atoms with Crippen LogP contribution in [0.2, 0.25) is 0 Å². The van der Waals surface area contributed by atoms with Crippen LogP contribution in [0, 0.1) is 6.92 Å². The average Bonchev–Trinajstić information content (AvgIpc) is 3.26. The molecule has 2 aromatic heterocycles. The van der Waals surface area contributed by atoms with Crippen molar-refractivity contribution >= 4 is 44.6 Å². The molecule has 0 spiro atoms. The predicted molar refractivity (Wildman–Crippen MR) is 142 cm³/mol. The van der Waals surface area contributed by atoms with Crippen molar-refractivity contribution < 1.29 is 14.6 Å². The van der Waals surface area contributed by atoms with Crippen LogP contribution < -0.4 is 25.6 Å². The summed E-state index contributed by atoms with van der Waals surface area (Å²) in [5.41, 5.74) is 3.03. The van der Waals surface area contributed by atoms with Crippen LogP contribution >= 0.6 is 11.3 Å². The fourth-order valence-corrected chi connectivity index (χ4v) is 5.96. The van der Waals surface area contributed by atoms with E-state index in [4.69, 9.17) is 4.74 Å². The zero-order valence-electron chi connectivity index (χ0n) is 19.8. The Labute approximate surface area is 212 Å². The van der Waals surface area contributed by atoms with Gasteiger partial charge >= 0.3 is 6.03 Å². The number of ether oxygens (including phenoxy) is 1. The Kier molecular flexibility index (Phi) is 6.06. The second-order valence-electron chi connectivity index (χ2n) is 9.09. The molecule has 2 unspecified atom stereocenters. The third-order valence-electron chi connectivity index (χ3n) is 6.60. The molecule has 1 fully saturated rings. The molecule has 0 radical (unpaired) electrons. The summed E-state index contributed by atoms with van der Waals surface area (Å²) in [6.45, 7) is 3.77. The van der Waals surface area contributed by atoms with Crippen LogP contribution in [0.15, 0.2) is 60.8 Å². The maximum atomic E-state index is 13.4. The Bertz CT molecular complexity index is 1420. The molecule has 4 aromatic rings. The summed E-state index contributed by atoms with van der Waals surface area (Å²) < 4.78 is 5.97. The highest BCUT2D eigenvalue weighted by molar-refractivity contribution is 7.19. The second kappa shape index (κ2) is 9.51. The zero-order chi connectivity index (χ0) is 24.6. The summed E-state index contributed by atoms with van der Waals surface area (Å²) >= 11 is 1.40. The lowest BCUT2D eigenvalue weighted by Crippen LogP contribution is -2.44. The number of carbonyl (C=O) groups excluding carboxylic acids is 1. The molecule has 2 amide bonds. The van der Waals surface area contributed by atoms with Gasteiger partial charge in [0.25, 0.3) is 0 Å². The minimum atomic E-state index is -0.889. The van der Waals surface area contributed by atoms with Gasteiger partial charge in [-0.1, -0.05) is 18.2 Å². The van der Waals surface area contributed by atoms with Gasteiger partial charge in [0.2, 0.25) is 0 Å². The van der Waals surface area contributed by atoms with Gasteiger partial charge in [-0.25, -0.2) is 9.78 Å². The van der Waals surface area contributed by atoms with E-state index in [0.717, 1.165) is 58.8 Å². The summed E-state index contributed by atoms with van der Waals surface area (Å²) in [5, 5.41) is 21.6. The van der Waals surface area contributed by atoms with Crippen LogP contribution in [0.4, 0.5) is 21.9 Å². The number of urea groups is 1. The first-order valence-electron chi connectivity index (χ1n) is 12.1. The van der Waals surface area contributed by atoms with E-state index in [1.165, 1.54) is 11.3 Å². The quantitative estimate of drug-likeness (QED) is 0.264. The zero-order valence-corrected chi connectivity index (χ0v) is 20.6. The second-order valence-corrected chi connectivity index (χ2v) is 10.1. The molecule has 2 aliphatic rings. The highest BCUT2D eigenvalue weighted by Crippen LogP contribution is 2.48. The van der Waals surface area contributed by atoms with Crippen molar-refractivity contribution in [2.24, 2.45) is 0 Å². The number of thiophene rings is 1. The van der Waals surface area contributed by atoms with Crippen molar-refractivity contribution in [3.8, 4) is 11.5 Å². The third kappa shape index (κ3) is 4.20. The minimum absolute atomic E-state index is 0.175. The lowest BCUT2D eigenvalue weighted by molar-refractivity contribution is 0.120. The van der Waals surface area contributed by atoms with E-state index in [2.05, 4.69) is 20.9 Å². The fourth-order valence-electron chi connectivity index (χ4n) is 4.90. The number of hydrogen-bond donors (Lipinski definition) is 4. The van der Waals surface area contributed by atoms with Gasteiger partial charge in [0.05, 0.1) is 27.3 Å². The average molecular weight is 502 g/mol. The maximum absolute atomic E-state index is 13.4. The van der Waals surface area contributed by atoms with Crippen molar-refractivity contribution in [2.75, 3.05) is 23.3 Å². The van der Waals surface area contributed by atoms with Gasteiger partial charge < -0.3 is 20.5 Å². The van der Waals surface area contributed by atoms with Gasteiger partial charge in [0, 0.05) is 18.8 Å². The van der Waals surface area contributed by atoms with Crippen LogP contribution in [0.25, 0.3) is 10.2 Å². The fraction of sp³-hybridized carbons (Fsp3) is 0.259. The van der Waals surface area contributed by atoms with E-state index in [-0.39, 0.29) is 12.1 Å². The first-order chi connectivity index (χ1) is 17.6. The van der Waals surface area contributed by atoms with Crippen LogP contribution in [0.1, 0.15) is 29.5 Å². The number of nitrogens with zero attached hydrogens (tertiary/aromatic N) is 2. The van der Waals surface area contributed by atoms with Gasteiger partial charge in [-0.2, -0.15) is 0 Å². The summed E-state index contributed by atoms with van der Waals surface area (Å²) in [4.78, 5) is 21.1. The van der Waals surface area contributed by atoms with Crippen LogP contribution in [-0.4, -0.2) is 35.3 Å². The first-order valence-corrected chi connectivity index (χ1v) is 12.9. The van der Waals surface area contributed by atoms with E-state index in [9.17, 15) is 9.90 Å². The SMILES string of the molecule is Cc1cc(Oc2ccccc2)ccc1N1C(=O)Nc2c(C(O)NC3CCCNC3)sc3nccc1c23. The topological polar surface area (TPSA) is 98.8 Å². The molecule has 0 saturated carbocycles. The monoisotopic (exact) mass is 501 g/mol. The Morgan fingerprint density at radius 2 is 2.03 bits per heavy atom. The van der Waals surface area contributed by atoms with Gasteiger partial charge in [0.15, 0.2) is 0 Å². The highest BCUT2D eigenvalue weighted by Gasteiger charge is 2.33. The third-order valence-corrected chi connectivity index (χ3v) is 7.75. The van der Waals surface area contributed by atoms with Crippen LogP contribution in [0.5, 0.6) is 11.5 Å². The summed E-state index contributed by atoms with van der Waals surface area (Å²) in [6.07, 6.45) is 2.88. The van der Waals surface area contributed by atoms with E-state index in [0.29, 0.717) is 16.3 Å². The number of hydrogen-bond acceptors (Lipinski definition) is 7. The predicted octanol–water partition coefficient (Wildman–Crippen LogP) is 5.41. The molecular weight excluding hydrogens is 474 g/mol. The molecule has 0 bridgehead atoms. The molecule has 0 aliphatic carbocycles. The van der Waals surface area contributed by atoms with Crippen molar-refractivity contribution in [1.29, 1.82) is 0 Å². The van der Waals surface area contributed by atoms with E-state index in [1.807, 2.05) is 61.5 Å². The van der Waals surface area contributed by atoms with Gasteiger partial charge in [-0.05, 0) is 68.3 Å². The number of nitrogens with one attached hydrogen (secondary N) is 3. The van der Waals surface area contributed by atoms with Crippen molar-refractivity contribution in [3.05, 3.63) is 71.2 Å². The molecule has 184 valence electrons. The molecule has 1 saturated heterocycles. The number of benzene rings is 2. The number of aromatic nitrogens is 1. The molecule has 2 atom stereocenters.